The van der Waals surface area contributed by atoms with Gasteiger partial charge < -0.3 is 10.1 Å². The summed E-state index contributed by atoms with van der Waals surface area (Å²) in [6.45, 7) is 1.14. The Labute approximate surface area is 212 Å². The molecule has 2 N–H and O–H groups in total. The molecule has 13 heteroatoms. The third-order valence-electron chi connectivity index (χ3n) is 5.30. The second-order valence-electron chi connectivity index (χ2n) is 7.75. The molecule has 1 amide bonds. The van der Waals surface area contributed by atoms with Crippen LogP contribution in [0.15, 0.2) is 76.5 Å². The highest BCUT2D eigenvalue weighted by Gasteiger charge is 2.26. The molecule has 3 aromatic carbocycles. The van der Waals surface area contributed by atoms with E-state index in [1.807, 2.05) is 0 Å². The number of rotatable bonds is 7. The number of nitrogens with zero attached hydrogens (tertiary/aromatic N) is 1. The maximum Gasteiger partial charge on any atom is 0.262 e. The number of hydrogen-bond donors (Lipinski definition) is 2. The molecular formula is C23H21ClFN3O6S2. The van der Waals surface area contributed by atoms with Crippen molar-refractivity contribution in [2.75, 3.05) is 36.3 Å². The van der Waals surface area contributed by atoms with Gasteiger partial charge in [0.15, 0.2) is 0 Å². The number of sulfonamides is 2. The van der Waals surface area contributed by atoms with Gasteiger partial charge in [-0.05, 0) is 60.7 Å². The predicted octanol–water partition coefficient (Wildman–Crippen LogP) is 3.55. The summed E-state index contributed by atoms with van der Waals surface area (Å²) in [5.74, 6) is -1.43. The minimum absolute atomic E-state index is 0.0636. The largest absolute Gasteiger partial charge is 0.379 e. The second kappa shape index (κ2) is 10.5. The molecule has 1 aliphatic heterocycles. The van der Waals surface area contributed by atoms with E-state index in [2.05, 4.69) is 10.0 Å². The number of amides is 1. The van der Waals surface area contributed by atoms with Crippen LogP contribution < -0.4 is 10.0 Å². The molecule has 1 heterocycles. The molecule has 0 bridgehead atoms. The normalized spacial score (nSPS) is 14.8. The highest BCUT2D eigenvalue weighted by molar-refractivity contribution is 7.92. The van der Waals surface area contributed by atoms with Crippen molar-refractivity contribution in [1.82, 2.24) is 4.31 Å². The number of benzene rings is 3. The van der Waals surface area contributed by atoms with Gasteiger partial charge in [0.1, 0.15) is 5.82 Å². The van der Waals surface area contributed by atoms with Gasteiger partial charge in [-0.15, -0.1) is 0 Å². The molecule has 190 valence electrons. The summed E-state index contributed by atoms with van der Waals surface area (Å²) in [6, 6.07) is 14.0. The minimum atomic E-state index is -4.20. The van der Waals surface area contributed by atoms with Crippen molar-refractivity contribution in [1.29, 1.82) is 0 Å². The van der Waals surface area contributed by atoms with Crippen LogP contribution in [0, 0.1) is 5.82 Å². The van der Waals surface area contributed by atoms with Gasteiger partial charge in [0.25, 0.3) is 15.9 Å². The van der Waals surface area contributed by atoms with Crippen molar-refractivity contribution in [2.24, 2.45) is 0 Å². The molecule has 9 nitrogen and oxygen atoms in total. The topological polar surface area (TPSA) is 122 Å². The zero-order valence-electron chi connectivity index (χ0n) is 18.6. The lowest BCUT2D eigenvalue weighted by molar-refractivity contribution is 0.0730. The van der Waals surface area contributed by atoms with Crippen LogP contribution in [0.3, 0.4) is 0 Å². The van der Waals surface area contributed by atoms with Crippen LogP contribution in [-0.2, 0) is 24.8 Å². The van der Waals surface area contributed by atoms with Crippen molar-refractivity contribution in [3.05, 3.63) is 83.1 Å². The van der Waals surface area contributed by atoms with Gasteiger partial charge >= 0.3 is 0 Å². The summed E-state index contributed by atoms with van der Waals surface area (Å²) in [6.07, 6.45) is 0. The minimum Gasteiger partial charge on any atom is -0.379 e. The summed E-state index contributed by atoms with van der Waals surface area (Å²) in [5.41, 5.74) is 0.111. The fourth-order valence-corrected chi connectivity index (χ4v) is 6.17. The summed E-state index contributed by atoms with van der Waals surface area (Å²) in [4.78, 5) is 12.7. The first-order valence-corrected chi connectivity index (χ1v) is 13.9. The molecule has 0 spiro atoms. The Bertz CT molecular complexity index is 1490. The Morgan fingerprint density at radius 1 is 0.917 bits per heavy atom. The Morgan fingerprint density at radius 3 is 2.28 bits per heavy atom. The summed E-state index contributed by atoms with van der Waals surface area (Å²) in [5, 5.41) is 2.78. The average Bonchev–Trinajstić information content (AvgIpc) is 2.86. The van der Waals surface area contributed by atoms with Gasteiger partial charge in [-0.3, -0.25) is 9.52 Å². The van der Waals surface area contributed by atoms with Crippen LogP contribution in [0.4, 0.5) is 15.8 Å². The third-order valence-corrected chi connectivity index (χ3v) is 8.81. The van der Waals surface area contributed by atoms with Crippen LogP contribution >= 0.6 is 11.6 Å². The highest BCUT2D eigenvalue weighted by atomic mass is 35.5. The first-order valence-electron chi connectivity index (χ1n) is 10.6. The van der Waals surface area contributed by atoms with Gasteiger partial charge in [0.2, 0.25) is 10.0 Å². The van der Waals surface area contributed by atoms with E-state index in [0.29, 0.717) is 13.2 Å². The lowest BCUT2D eigenvalue weighted by Crippen LogP contribution is -2.40. The summed E-state index contributed by atoms with van der Waals surface area (Å²) in [7, 11) is -7.91. The number of hydrogen-bond acceptors (Lipinski definition) is 6. The number of carbonyl (C=O) groups excluding carboxylic acids is 1. The number of nitrogens with one attached hydrogen (secondary N) is 2. The molecule has 0 aliphatic carbocycles. The Balaban J connectivity index is 1.54. The Kier molecular flexibility index (Phi) is 7.62. The molecule has 1 fully saturated rings. The molecule has 0 aromatic heterocycles. The quantitative estimate of drug-likeness (QED) is 0.461. The number of morpholine rings is 1. The van der Waals surface area contributed by atoms with E-state index < -0.39 is 31.8 Å². The van der Waals surface area contributed by atoms with Crippen LogP contribution in [0.25, 0.3) is 0 Å². The number of anilines is 2. The van der Waals surface area contributed by atoms with Gasteiger partial charge in [0.05, 0.1) is 34.3 Å². The van der Waals surface area contributed by atoms with E-state index in [9.17, 15) is 26.0 Å². The van der Waals surface area contributed by atoms with E-state index in [1.165, 1.54) is 58.9 Å². The average molecular weight is 554 g/mol. The number of halogens is 2. The molecular weight excluding hydrogens is 533 g/mol. The summed E-state index contributed by atoms with van der Waals surface area (Å²) < 4.78 is 73.3. The van der Waals surface area contributed by atoms with Crippen LogP contribution in [0.2, 0.25) is 5.02 Å². The molecule has 0 radical (unpaired) electrons. The molecule has 0 unspecified atom stereocenters. The molecule has 36 heavy (non-hydrogen) atoms. The molecule has 0 saturated carbocycles. The molecule has 1 aliphatic rings. The molecule has 1 saturated heterocycles. The third kappa shape index (κ3) is 5.85. The number of ether oxygens (including phenoxy) is 1. The highest BCUT2D eigenvalue weighted by Crippen LogP contribution is 2.26. The Hall–Kier alpha value is -3.03. The fourth-order valence-electron chi connectivity index (χ4n) is 3.48. The van der Waals surface area contributed by atoms with E-state index in [0.717, 1.165) is 12.1 Å². The van der Waals surface area contributed by atoms with E-state index in [-0.39, 0.29) is 44.8 Å². The zero-order valence-corrected chi connectivity index (χ0v) is 21.0. The maximum atomic E-state index is 13.5. The Morgan fingerprint density at radius 2 is 1.61 bits per heavy atom. The first-order chi connectivity index (χ1) is 17.1. The standard InChI is InChI=1S/C23H21ClFN3O6S2/c24-16-4-9-22(27-35(30,31)20-3-1-2-17(25)15-20)21(14-16)23(29)26-18-5-7-19(8-6-18)36(32,33)28-10-12-34-13-11-28/h1-9,14-15,27H,10-13H2,(H,26,29). The number of carbonyl (C=O) groups is 1. The smallest absolute Gasteiger partial charge is 0.262 e. The SMILES string of the molecule is O=C(Nc1ccc(S(=O)(=O)N2CCOCC2)cc1)c1cc(Cl)ccc1NS(=O)(=O)c1cccc(F)c1. The van der Waals surface area contributed by atoms with Gasteiger partial charge in [-0.25, -0.2) is 21.2 Å². The van der Waals surface area contributed by atoms with E-state index >= 15 is 0 Å². The first kappa shape index (κ1) is 26.0. The van der Waals surface area contributed by atoms with Crippen LogP contribution in [0.5, 0.6) is 0 Å². The van der Waals surface area contributed by atoms with Crippen molar-refractivity contribution in [3.63, 3.8) is 0 Å². The van der Waals surface area contributed by atoms with Crippen molar-refractivity contribution >= 4 is 48.9 Å². The molecule has 3 aromatic rings. The van der Waals surface area contributed by atoms with Crippen molar-refractivity contribution in [2.45, 2.75) is 9.79 Å². The monoisotopic (exact) mass is 553 g/mol. The van der Waals surface area contributed by atoms with Gasteiger partial charge in [0, 0.05) is 23.8 Å². The van der Waals surface area contributed by atoms with Gasteiger partial charge in [-0.1, -0.05) is 17.7 Å². The molecule has 0 atom stereocenters. The lowest BCUT2D eigenvalue weighted by atomic mass is 10.1. The van der Waals surface area contributed by atoms with Crippen molar-refractivity contribution in [3.8, 4) is 0 Å². The van der Waals surface area contributed by atoms with E-state index in [1.54, 1.807) is 0 Å². The van der Waals surface area contributed by atoms with Gasteiger partial charge in [-0.2, -0.15) is 4.31 Å². The summed E-state index contributed by atoms with van der Waals surface area (Å²) >= 11 is 6.03. The lowest BCUT2D eigenvalue weighted by Gasteiger charge is -2.26. The second-order valence-corrected chi connectivity index (χ2v) is 11.8. The maximum absolute atomic E-state index is 13.5. The van der Waals surface area contributed by atoms with Crippen LogP contribution in [-0.4, -0.2) is 53.4 Å². The van der Waals surface area contributed by atoms with Crippen molar-refractivity contribution < 1.29 is 30.8 Å². The van der Waals surface area contributed by atoms with Crippen LogP contribution in [0.1, 0.15) is 10.4 Å². The predicted molar refractivity (Wildman–Crippen MR) is 133 cm³/mol. The zero-order chi connectivity index (χ0) is 25.9. The fraction of sp³-hybridized carbons (Fsp3) is 0.174. The van der Waals surface area contributed by atoms with E-state index in [4.69, 9.17) is 16.3 Å². The molecule has 4 rings (SSSR count).